The predicted molar refractivity (Wildman–Crippen MR) is 136 cm³/mol. The van der Waals surface area contributed by atoms with Gasteiger partial charge in [0.2, 0.25) is 0 Å². The molecule has 1 saturated carbocycles. The maximum Gasteiger partial charge on any atom is 0.335 e. The molecule has 1 N–H and O–H groups in total. The number of benzene rings is 3. The number of carbonyl (C=O) groups is 1. The van der Waals surface area contributed by atoms with Gasteiger partial charge in [-0.25, -0.2) is 9.78 Å². The van der Waals surface area contributed by atoms with E-state index in [1.807, 2.05) is 28.8 Å². The number of hydrogen-bond acceptors (Lipinski definition) is 5. The van der Waals surface area contributed by atoms with E-state index in [-0.39, 0.29) is 12.2 Å². The maximum absolute atomic E-state index is 11.2. The van der Waals surface area contributed by atoms with Crippen LogP contribution in [0.2, 0.25) is 10.0 Å². The number of ether oxygens (including phenoxy) is 1. The average Bonchev–Trinajstić information content (AvgIpc) is 3.50. The van der Waals surface area contributed by atoms with Crippen molar-refractivity contribution in [3.8, 4) is 22.7 Å². The number of aromatic nitrogens is 3. The summed E-state index contributed by atoms with van der Waals surface area (Å²) in [5.74, 6) is 0.856. The third kappa shape index (κ3) is 4.10. The molecule has 5 aromatic rings. The zero-order chi connectivity index (χ0) is 24.8. The second kappa shape index (κ2) is 9.00. The average molecular weight is 520 g/mol. The predicted octanol–water partition coefficient (Wildman–Crippen LogP) is 7.14. The highest BCUT2D eigenvalue weighted by Gasteiger charge is 2.33. The molecule has 180 valence electrons. The van der Waals surface area contributed by atoms with Crippen LogP contribution in [0.3, 0.4) is 0 Å². The van der Waals surface area contributed by atoms with E-state index in [0.29, 0.717) is 38.5 Å². The lowest BCUT2D eigenvalue weighted by atomic mass is 10.0. The summed E-state index contributed by atoms with van der Waals surface area (Å²) in [7, 11) is 0. The minimum atomic E-state index is -0.981. The molecule has 0 atom stereocenters. The number of carboxylic acid groups (broad SMARTS) is 1. The molecule has 3 aromatic carbocycles. The van der Waals surface area contributed by atoms with Gasteiger partial charge in [0.05, 0.1) is 32.2 Å². The van der Waals surface area contributed by atoms with Crippen LogP contribution in [0, 0.1) is 0 Å². The van der Waals surface area contributed by atoms with Gasteiger partial charge in [-0.3, -0.25) is 4.57 Å². The van der Waals surface area contributed by atoms with Crippen molar-refractivity contribution in [3.05, 3.63) is 93.9 Å². The SMILES string of the molecule is O=C(O)c1ccc2c(c1)ncn2-c1ccc(OCc2c(-c3c(Cl)cccc3Cl)noc2C2CC2)cc1. The van der Waals surface area contributed by atoms with Crippen molar-refractivity contribution < 1.29 is 19.2 Å². The number of aromatic carboxylic acids is 1. The Labute approximate surface area is 215 Å². The highest BCUT2D eigenvalue weighted by Crippen LogP contribution is 2.46. The molecule has 1 aliphatic carbocycles. The van der Waals surface area contributed by atoms with Crippen molar-refractivity contribution >= 4 is 40.2 Å². The zero-order valence-corrected chi connectivity index (χ0v) is 20.3. The second-order valence-corrected chi connectivity index (χ2v) is 9.47. The molecule has 1 aliphatic rings. The Balaban J connectivity index is 1.26. The number of hydrogen-bond donors (Lipinski definition) is 1. The standard InChI is InChI=1S/C27H19Cl2N3O4/c28-20-2-1-3-21(29)24(20)25-19(26(36-31-25)15-4-5-15)13-35-18-9-7-17(8-10-18)32-14-30-22-12-16(27(33)34)6-11-23(22)32/h1-3,6-12,14-15H,4-5,13H2,(H,33,34). The molecule has 0 amide bonds. The fraction of sp³-hybridized carbons (Fsp3) is 0.148. The third-order valence-electron chi connectivity index (χ3n) is 6.26. The van der Waals surface area contributed by atoms with E-state index in [1.165, 1.54) is 0 Å². The molecule has 2 heterocycles. The first kappa shape index (κ1) is 22.6. The molecule has 9 heteroatoms. The maximum atomic E-state index is 11.2. The van der Waals surface area contributed by atoms with Crippen LogP contribution >= 0.6 is 23.2 Å². The fourth-order valence-corrected chi connectivity index (χ4v) is 4.83. The lowest BCUT2D eigenvalue weighted by Gasteiger charge is -2.10. The van der Waals surface area contributed by atoms with Gasteiger partial charge in [-0.15, -0.1) is 0 Å². The number of fused-ring (bicyclic) bond motifs is 1. The van der Waals surface area contributed by atoms with E-state index in [0.717, 1.165) is 35.4 Å². The first-order valence-corrected chi connectivity index (χ1v) is 12.1. The lowest BCUT2D eigenvalue weighted by Crippen LogP contribution is -2.00. The highest BCUT2D eigenvalue weighted by molar-refractivity contribution is 6.39. The van der Waals surface area contributed by atoms with Crippen LogP contribution in [0.1, 0.15) is 40.4 Å². The summed E-state index contributed by atoms with van der Waals surface area (Å²) in [5.41, 5.74) is 4.60. The first-order valence-electron chi connectivity index (χ1n) is 11.4. The minimum absolute atomic E-state index is 0.202. The molecular weight excluding hydrogens is 501 g/mol. The fourth-order valence-electron chi connectivity index (χ4n) is 4.26. The van der Waals surface area contributed by atoms with Crippen LogP contribution < -0.4 is 4.74 Å². The van der Waals surface area contributed by atoms with E-state index >= 15 is 0 Å². The van der Waals surface area contributed by atoms with Crippen molar-refractivity contribution in [2.75, 3.05) is 0 Å². The van der Waals surface area contributed by atoms with Gasteiger partial charge in [0, 0.05) is 17.2 Å². The molecule has 36 heavy (non-hydrogen) atoms. The zero-order valence-electron chi connectivity index (χ0n) is 18.8. The molecule has 0 aliphatic heterocycles. The van der Waals surface area contributed by atoms with Gasteiger partial charge >= 0.3 is 5.97 Å². The van der Waals surface area contributed by atoms with Gasteiger partial charge in [0.15, 0.2) is 0 Å². The molecular formula is C27H19Cl2N3O4. The van der Waals surface area contributed by atoms with Crippen LogP contribution in [0.4, 0.5) is 0 Å². The summed E-state index contributed by atoms with van der Waals surface area (Å²) in [5, 5.41) is 14.5. The largest absolute Gasteiger partial charge is 0.489 e. The Morgan fingerprint density at radius 2 is 1.83 bits per heavy atom. The number of rotatable bonds is 7. The Hall–Kier alpha value is -3.81. The molecule has 7 nitrogen and oxygen atoms in total. The topological polar surface area (TPSA) is 90.4 Å². The van der Waals surface area contributed by atoms with Crippen LogP contribution in [0.25, 0.3) is 28.0 Å². The van der Waals surface area contributed by atoms with Crippen LogP contribution in [0.5, 0.6) is 5.75 Å². The van der Waals surface area contributed by atoms with Crippen LogP contribution in [0.15, 0.2) is 71.5 Å². The van der Waals surface area contributed by atoms with E-state index in [2.05, 4.69) is 10.1 Å². The van der Waals surface area contributed by atoms with Gasteiger partial charge in [-0.2, -0.15) is 0 Å². The van der Waals surface area contributed by atoms with E-state index in [4.69, 9.17) is 32.5 Å². The van der Waals surface area contributed by atoms with Crippen molar-refractivity contribution in [3.63, 3.8) is 0 Å². The summed E-state index contributed by atoms with van der Waals surface area (Å²) in [6.45, 7) is 0.261. The van der Waals surface area contributed by atoms with Crippen molar-refractivity contribution in [2.45, 2.75) is 25.4 Å². The second-order valence-electron chi connectivity index (χ2n) is 8.65. The lowest BCUT2D eigenvalue weighted by molar-refractivity contribution is 0.0697. The Morgan fingerprint density at radius 3 is 2.53 bits per heavy atom. The van der Waals surface area contributed by atoms with Gasteiger partial charge in [0.1, 0.15) is 30.1 Å². The number of halogens is 2. The monoisotopic (exact) mass is 519 g/mol. The summed E-state index contributed by atoms with van der Waals surface area (Å²) in [6, 6.07) is 17.8. The molecule has 0 unspecified atom stereocenters. The molecule has 0 saturated heterocycles. The van der Waals surface area contributed by atoms with Crippen LogP contribution in [-0.2, 0) is 6.61 Å². The number of carboxylic acids is 1. The van der Waals surface area contributed by atoms with Gasteiger partial charge in [-0.05, 0) is 67.4 Å². The normalized spacial score (nSPS) is 13.3. The van der Waals surface area contributed by atoms with Gasteiger partial charge in [0.25, 0.3) is 0 Å². The highest BCUT2D eigenvalue weighted by atomic mass is 35.5. The van der Waals surface area contributed by atoms with Gasteiger partial charge < -0.3 is 14.4 Å². The summed E-state index contributed by atoms with van der Waals surface area (Å²) in [4.78, 5) is 15.6. The molecule has 1 fully saturated rings. The molecule has 2 aromatic heterocycles. The Kier molecular flexibility index (Phi) is 5.66. The molecule has 6 rings (SSSR count). The van der Waals surface area contributed by atoms with Gasteiger partial charge in [-0.1, -0.05) is 34.4 Å². The van der Waals surface area contributed by atoms with E-state index in [1.54, 1.807) is 42.7 Å². The summed E-state index contributed by atoms with van der Waals surface area (Å²) in [6.07, 6.45) is 3.78. The van der Waals surface area contributed by atoms with Crippen LogP contribution in [-0.4, -0.2) is 25.8 Å². The van der Waals surface area contributed by atoms with E-state index in [9.17, 15) is 9.90 Å². The summed E-state index contributed by atoms with van der Waals surface area (Å²) >= 11 is 12.9. The van der Waals surface area contributed by atoms with Crippen molar-refractivity contribution in [1.82, 2.24) is 14.7 Å². The summed E-state index contributed by atoms with van der Waals surface area (Å²) < 4.78 is 13.7. The smallest absolute Gasteiger partial charge is 0.335 e. The molecule has 0 spiro atoms. The van der Waals surface area contributed by atoms with Crippen molar-refractivity contribution in [1.29, 1.82) is 0 Å². The minimum Gasteiger partial charge on any atom is -0.489 e. The Morgan fingerprint density at radius 1 is 1.08 bits per heavy atom. The first-order chi connectivity index (χ1) is 17.5. The molecule has 0 bridgehead atoms. The Bertz CT molecular complexity index is 1580. The number of imidazole rings is 1. The molecule has 0 radical (unpaired) electrons. The quantitative estimate of drug-likeness (QED) is 0.245. The number of nitrogens with zero attached hydrogens (tertiary/aromatic N) is 3. The third-order valence-corrected chi connectivity index (χ3v) is 6.89. The van der Waals surface area contributed by atoms with E-state index < -0.39 is 5.97 Å². The van der Waals surface area contributed by atoms with Crippen molar-refractivity contribution in [2.24, 2.45) is 0 Å².